The number of pyridine rings is 1. The number of sulfonamides is 1. The second-order valence-corrected chi connectivity index (χ2v) is 8.53. The van der Waals surface area contributed by atoms with Gasteiger partial charge in [0.25, 0.3) is 11.8 Å². The molecule has 0 saturated carbocycles. The third kappa shape index (κ3) is 4.11. The number of hydrogen-bond acceptors (Lipinski definition) is 5. The normalized spacial score (nSPS) is 12.2. The lowest BCUT2D eigenvalue weighted by Gasteiger charge is -2.16. The van der Waals surface area contributed by atoms with E-state index in [1.54, 1.807) is 0 Å². The fourth-order valence-corrected chi connectivity index (χ4v) is 3.40. The summed E-state index contributed by atoms with van der Waals surface area (Å²) in [5.74, 6) is -5.59. The summed E-state index contributed by atoms with van der Waals surface area (Å²) in [5.41, 5.74) is -0.714. The van der Waals surface area contributed by atoms with E-state index in [0.29, 0.717) is 12.5 Å². The van der Waals surface area contributed by atoms with Gasteiger partial charge in [-0.1, -0.05) is 0 Å². The highest BCUT2D eigenvalue weighted by atomic mass is 32.2. The molecule has 2 heterocycles. The van der Waals surface area contributed by atoms with Gasteiger partial charge in [0.15, 0.2) is 5.82 Å². The van der Waals surface area contributed by atoms with Crippen LogP contribution < -0.4 is 10.0 Å². The van der Waals surface area contributed by atoms with Crippen LogP contribution in [0.5, 0.6) is 0 Å². The molecule has 2 aromatic heterocycles. The molecule has 0 saturated heterocycles. The first-order valence-corrected chi connectivity index (χ1v) is 10.5. The summed E-state index contributed by atoms with van der Waals surface area (Å²) >= 11 is 0. The van der Waals surface area contributed by atoms with Gasteiger partial charge in [-0.05, 0) is 37.3 Å². The molecular weight excluding hydrogens is 423 g/mol. The number of alkyl halides is 2. The van der Waals surface area contributed by atoms with Gasteiger partial charge in [0.1, 0.15) is 11.6 Å². The van der Waals surface area contributed by atoms with E-state index in [0.717, 1.165) is 18.2 Å². The second kappa shape index (κ2) is 7.63. The average Bonchev–Trinajstić information content (AvgIpc) is 3.04. The predicted molar refractivity (Wildman–Crippen MR) is 105 cm³/mol. The van der Waals surface area contributed by atoms with Crippen LogP contribution in [-0.4, -0.2) is 32.1 Å². The lowest BCUT2D eigenvalue weighted by molar-refractivity contribution is 0.0181. The number of furan rings is 1. The topological polar surface area (TPSA) is 101 Å². The van der Waals surface area contributed by atoms with Crippen molar-refractivity contribution in [3.05, 3.63) is 47.3 Å². The maximum Gasteiger partial charge on any atom is 0.274 e. The number of nitrogens with zero attached hydrogens (tertiary/aromatic N) is 1. The SMILES string of the molecule is CCS(=O)(=O)Nc1nc2oc(-c3ccc(F)cc3)c(C(=O)NC)c2cc1C(C)(F)F. The first-order chi connectivity index (χ1) is 14.0. The van der Waals surface area contributed by atoms with Crippen LogP contribution in [0.2, 0.25) is 0 Å². The van der Waals surface area contributed by atoms with Gasteiger partial charge in [-0.25, -0.2) is 21.6 Å². The number of rotatable bonds is 6. The number of aromatic nitrogens is 1. The van der Waals surface area contributed by atoms with E-state index in [9.17, 15) is 26.4 Å². The first kappa shape index (κ1) is 21.6. The standard InChI is InChI=1S/C19H18F3N3O4S/c1-4-30(27,28)25-16-13(19(2,21)22)9-12-14(17(26)23-3)15(29-18(12)24-16)10-5-7-11(20)8-6-10/h5-9H,4H2,1-3H3,(H,23,26)(H,24,25). The van der Waals surface area contributed by atoms with Crippen molar-refractivity contribution in [2.75, 3.05) is 17.5 Å². The summed E-state index contributed by atoms with van der Waals surface area (Å²) in [4.78, 5) is 16.4. The van der Waals surface area contributed by atoms with Gasteiger partial charge in [0.05, 0.1) is 22.3 Å². The number of benzene rings is 1. The second-order valence-electron chi connectivity index (χ2n) is 6.52. The molecule has 1 amide bonds. The molecule has 1 aromatic carbocycles. The Morgan fingerprint density at radius 2 is 1.87 bits per heavy atom. The van der Waals surface area contributed by atoms with E-state index in [-0.39, 0.29) is 28.2 Å². The third-order valence-electron chi connectivity index (χ3n) is 4.35. The van der Waals surface area contributed by atoms with Crippen molar-refractivity contribution in [3.8, 4) is 11.3 Å². The molecule has 30 heavy (non-hydrogen) atoms. The van der Waals surface area contributed by atoms with Gasteiger partial charge in [0, 0.05) is 19.5 Å². The lowest BCUT2D eigenvalue weighted by Crippen LogP contribution is -2.21. The molecule has 7 nitrogen and oxygen atoms in total. The molecule has 0 radical (unpaired) electrons. The minimum Gasteiger partial charge on any atom is -0.437 e. The van der Waals surface area contributed by atoms with Crippen molar-refractivity contribution in [3.63, 3.8) is 0 Å². The summed E-state index contributed by atoms with van der Waals surface area (Å²) < 4.78 is 73.3. The maximum absolute atomic E-state index is 14.3. The van der Waals surface area contributed by atoms with Gasteiger partial charge in [-0.15, -0.1) is 0 Å². The highest BCUT2D eigenvalue weighted by Crippen LogP contribution is 2.39. The molecule has 0 atom stereocenters. The number of carbonyl (C=O) groups excluding carboxylic acids is 1. The molecule has 160 valence electrons. The molecule has 0 aliphatic heterocycles. The third-order valence-corrected chi connectivity index (χ3v) is 5.61. The summed E-state index contributed by atoms with van der Waals surface area (Å²) in [6, 6.07) is 5.98. The molecule has 0 unspecified atom stereocenters. The van der Waals surface area contributed by atoms with Gasteiger partial charge < -0.3 is 9.73 Å². The number of amides is 1. The van der Waals surface area contributed by atoms with E-state index in [2.05, 4.69) is 10.3 Å². The van der Waals surface area contributed by atoms with Crippen LogP contribution in [0, 0.1) is 5.82 Å². The summed E-state index contributed by atoms with van der Waals surface area (Å²) in [7, 11) is -2.56. The Labute approximate surface area is 170 Å². The molecule has 3 aromatic rings. The van der Waals surface area contributed by atoms with Crippen molar-refractivity contribution < 1.29 is 30.8 Å². The van der Waals surface area contributed by atoms with E-state index < -0.39 is 39.1 Å². The van der Waals surface area contributed by atoms with E-state index in [1.807, 2.05) is 4.72 Å². The Balaban J connectivity index is 2.35. The van der Waals surface area contributed by atoms with Crippen molar-refractivity contribution in [2.45, 2.75) is 19.8 Å². The van der Waals surface area contributed by atoms with Gasteiger partial charge in [-0.2, -0.15) is 4.98 Å². The highest BCUT2D eigenvalue weighted by molar-refractivity contribution is 7.92. The van der Waals surface area contributed by atoms with Crippen molar-refractivity contribution in [2.24, 2.45) is 0 Å². The van der Waals surface area contributed by atoms with Crippen molar-refractivity contribution in [1.29, 1.82) is 0 Å². The molecule has 0 aliphatic rings. The number of nitrogens with one attached hydrogen (secondary N) is 2. The number of carbonyl (C=O) groups is 1. The number of halogens is 3. The zero-order chi connectivity index (χ0) is 22.3. The Hall–Kier alpha value is -3.08. The van der Waals surface area contributed by atoms with Crippen molar-refractivity contribution >= 4 is 32.8 Å². The molecule has 0 fully saturated rings. The van der Waals surface area contributed by atoms with Gasteiger partial charge in [-0.3, -0.25) is 9.52 Å². The molecule has 11 heteroatoms. The van der Waals surface area contributed by atoms with E-state index in [1.165, 1.54) is 26.1 Å². The van der Waals surface area contributed by atoms with Crippen LogP contribution in [-0.2, 0) is 15.9 Å². The Morgan fingerprint density at radius 1 is 1.23 bits per heavy atom. The fraction of sp³-hybridized carbons (Fsp3) is 0.263. The quantitative estimate of drug-likeness (QED) is 0.605. The number of anilines is 1. The first-order valence-electron chi connectivity index (χ1n) is 8.81. The predicted octanol–water partition coefficient (Wildman–Crippen LogP) is 3.87. The van der Waals surface area contributed by atoms with E-state index in [4.69, 9.17) is 4.42 Å². The number of fused-ring (bicyclic) bond motifs is 1. The van der Waals surface area contributed by atoms with Crippen LogP contribution >= 0.6 is 0 Å². The monoisotopic (exact) mass is 441 g/mol. The molecule has 3 rings (SSSR count). The highest BCUT2D eigenvalue weighted by Gasteiger charge is 2.33. The average molecular weight is 441 g/mol. The Bertz CT molecular complexity index is 1220. The summed E-state index contributed by atoms with van der Waals surface area (Å²) in [5, 5.41) is 2.36. The Morgan fingerprint density at radius 3 is 2.40 bits per heavy atom. The van der Waals surface area contributed by atoms with Crippen LogP contribution in [0.4, 0.5) is 19.0 Å². The van der Waals surface area contributed by atoms with Crippen molar-refractivity contribution in [1.82, 2.24) is 10.3 Å². The van der Waals surface area contributed by atoms with Gasteiger partial charge >= 0.3 is 0 Å². The molecular formula is C19H18F3N3O4S. The fourth-order valence-electron chi connectivity index (χ4n) is 2.81. The Kier molecular flexibility index (Phi) is 5.50. The van der Waals surface area contributed by atoms with Crippen LogP contribution in [0.15, 0.2) is 34.7 Å². The molecule has 0 bridgehead atoms. The van der Waals surface area contributed by atoms with Gasteiger partial charge in [0.2, 0.25) is 15.7 Å². The lowest BCUT2D eigenvalue weighted by atomic mass is 10.0. The van der Waals surface area contributed by atoms with Crippen LogP contribution in [0.25, 0.3) is 22.4 Å². The largest absolute Gasteiger partial charge is 0.437 e. The minimum atomic E-state index is -3.91. The molecule has 2 N–H and O–H groups in total. The smallest absolute Gasteiger partial charge is 0.274 e. The number of hydrogen-bond donors (Lipinski definition) is 2. The summed E-state index contributed by atoms with van der Waals surface area (Å²) in [6.07, 6.45) is 0. The minimum absolute atomic E-state index is 0.0160. The summed E-state index contributed by atoms with van der Waals surface area (Å²) in [6.45, 7) is 1.92. The van der Waals surface area contributed by atoms with E-state index >= 15 is 0 Å². The zero-order valence-corrected chi connectivity index (χ0v) is 17.0. The van der Waals surface area contributed by atoms with Crippen LogP contribution in [0.1, 0.15) is 29.8 Å². The van der Waals surface area contributed by atoms with Crippen LogP contribution in [0.3, 0.4) is 0 Å². The maximum atomic E-state index is 14.3. The zero-order valence-electron chi connectivity index (χ0n) is 16.2. The molecule has 0 aliphatic carbocycles. The molecule has 0 spiro atoms.